The fourth-order valence-electron chi connectivity index (χ4n) is 0.814. The van der Waals surface area contributed by atoms with Crippen LogP contribution in [0.15, 0.2) is 5.28 Å². The Bertz CT molecular complexity index is 243. The lowest BCUT2D eigenvalue weighted by molar-refractivity contribution is -0.150. The molecule has 0 unspecified atom stereocenters. The quantitative estimate of drug-likeness (QED) is 0.126. The Hall–Kier alpha value is -1.38. The number of rotatable bonds is 7. The number of carbonyl (C=O) groups is 1. The van der Waals surface area contributed by atoms with E-state index in [9.17, 15) is 9.90 Å². The standard InChI is InChI=1S/C6H11N3O6/c7-8-9-15-6(4(13)2-11)5(14)3(12)1-10/h1,3-6,11-14H,2H2/t3-,4+,5+,6+/m0/s1. The maximum atomic E-state index is 10.1. The maximum absolute atomic E-state index is 10.1. The first-order valence-corrected chi connectivity index (χ1v) is 3.89. The van der Waals surface area contributed by atoms with Crippen molar-refractivity contribution in [1.29, 1.82) is 0 Å². The van der Waals surface area contributed by atoms with Gasteiger partial charge in [0.15, 0.2) is 12.4 Å². The number of nitrogens with zero attached hydrogens (tertiary/aromatic N) is 3. The van der Waals surface area contributed by atoms with E-state index in [0.29, 0.717) is 0 Å². The highest BCUT2D eigenvalue weighted by Gasteiger charge is 2.33. The third-order valence-electron chi connectivity index (χ3n) is 1.60. The van der Waals surface area contributed by atoms with E-state index in [4.69, 9.17) is 20.9 Å². The second-order valence-electron chi connectivity index (χ2n) is 2.61. The van der Waals surface area contributed by atoms with E-state index in [1.807, 2.05) is 0 Å². The van der Waals surface area contributed by atoms with Crippen LogP contribution < -0.4 is 0 Å². The number of aldehydes is 1. The summed E-state index contributed by atoms with van der Waals surface area (Å²) in [7, 11) is 0. The molecule has 9 heteroatoms. The van der Waals surface area contributed by atoms with Crippen molar-refractivity contribution < 1.29 is 30.1 Å². The van der Waals surface area contributed by atoms with E-state index >= 15 is 0 Å². The Kier molecular flexibility index (Phi) is 6.34. The highest BCUT2D eigenvalue weighted by atomic mass is 16.7. The summed E-state index contributed by atoms with van der Waals surface area (Å²) in [5.41, 5.74) is 7.92. The average molecular weight is 221 g/mol. The van der Waals surface area contributed by atoms with Crippen molar-refractivity contribution >= 4 is 6.29 Å². The molecule has 0 radical (unpaired) electrons. The molecule has 0 rings (SSSR count). The Morgan fingerprint density at radius 3 is 2.47 bits per heavy atom. The Labute approximate surface area is 84.1 Å². The van der Waals surface area contributed by atoms with Gasteiger partial charge in [-0.05, 0) is 5.53 Å². The minimum atomic E-state index is -1.81. The Morgan fingerprint density at radius 1 is 1.47 bits per heavy atom. The second-order valence-corrected chi connectivity index (χ2v) is 2.61. The van der Waals surface area contributed by atoms with Crippen LogP contribution in [0.5, 0.6) is 0 Å². The van der Waals surface area contributed by atoms with Crippen molar-refractivity contribution in [3.63, 3.8) is 0 Å². The molecule has 4 N–H and O–H groups in total. The predicted octanol–water partition coefficient (Wildman–Crippen LogP) is -2.13. The van der Waals surface area contributed by atoms with Crippen LogP contribution in [0.25, 0.3) is 10.4 Å². The molecule has 15 heavy (non-hydrogen) atoms. The van der Waals surface area contributed by atoms with Crippen molar-refractivity contribution in [2.75, 3.05) is 6.61 Å². The summed E-state index contributed by atoms with van der Waals surface area (Å²) < 4.78 is 0. The summed E-state index contributed by atoms with van der Waals surface area (Å²) in [6, 6.07) is 0. The maximum Gasteiger partial charge on any atom is 0.164 e. The van der Waals surface area contributed by atoms with Crippen LogP contribution in [0.4, 0.5) is 0 Å². The van der Waals surface area contributed by atoms with Crippen molar-refractivity contribution in [2.24, 2.45) is 5.28 Å². The van der Waals surface area contributed by atoms with Gasteiger partial charge in [-0.1, -0.05) is 0 Å². The van der Waals surface area contributed by atoms with E-state index in [1.165, 1.54) is 0 Å². The summed E-state index contributed by atoms with van der Waals surface area (Å²) in [4.78, 5) is 16.6. The van der Waals surface area contributed by atoms with E-state index < -0.39 is 31.0 Å². The molecule has 0 amide bonds. The fraction of sp³-hybridized carbons (Fsp3) is 0.833. The van der Waals surface area contributed by atoms with Crippen LogP contribution in [-0.4, -0.2) is 57.7 Å². The third kappa shape index (κ3) is 4.11. The molecule has 0 heterocycles. The van der Waals surface area contributed by atoms with Crippen molar-refractivity contribution in [1.82, 2.24) is 0 Å². The summed E-state index contributed by atoms with van der Waals surface area (Å²) in [6.07, 6.45) is -6.80. The van der Waals surface area contributed by atoms with Gasteiger partial charge in [0, 0.05) is 4.91 Å². The molecule has 0 bridgehead atoms. The number of aliphatic hydroxyl groups is 4. The van der Waals surface area contributed by atoms with E-state index in [1.54, 1.807) is 0 Å². The van der Waals surface area contributed by atoms with Crippen molar-refractivity contribution in [3.05, 3.63) is 10.4 Å². The molecule has 0 saturated heterocycles. The van der Waals surface area contributed by atoms with E-state index in [-0.39, 0.29) is 6.29 Å². The Morgan fingerprint density at radius 2 is 2.07 bits per heavy atom. The molecule has 0 aromatic rings. The van der Waals surface area contributed by atoms with Crippen LogP contribution in [0.2, 0.25) is 0 Å². The molecule has 0 aliphatic heterocycles. The molecular weight excluding hydrogens is 210 g/mol. The highest BCUT2D eigenvalue weighted by molar-refractivity contribution is 5.56. The third-order valence-corrected chi connectivity index (χ3v) is 1.60. The summed E-state index contributed by atoms with van der Waals surface area (Å²) >= 11 is 0. The summed E-state index contributed by atoms with van der Waals surface area (Å²) in [5, 5.41) is 38.4. The topological polar surface area (TPSA) is 156 Å². The van der Waals surface area contributed by atoms with Crippen LogP contribution in [-0.2, 0) is 9.63 Å². The molecule has 0 aliphatic carbocycles. The fourth-order valence-corrected chi connectivity index (χ4v) is 0.814. The first-order chi connectivity index (χ1) is 7.08. The molecule has 0 aromatic heterocycles. The van der Waals surface area contributed by atoms with E-state index in [2.05, 4.69) is 15.0 Å². The zero-order valence-electron chi connectivity index (χ0n) is 7.54. The van der Waals surface area contributed by atoms with Crippen molar-refractivity contribution in [3.8, 4) is 0 Å². The molecule has 0 aromatic carbocycles. The SMILES string of the molecule is [N-]=[N+]=NO[C@@H]([C@H](O)[C@@H](O)C=O)[C@H](O)CO. The molecule has 0 aliphatic rings. The number of azide groups is 1. The van der Waals surface area contributed by atoms with Crippen molar-refractivity contribution in [2.45, 2.75) is 24.4 Å². The first-order valence-electron chi connectivity index (χ1n) is 3.89. The second kappa shape index (κ2) is 6.98. The number of carbonyl (C=O) groups excluding carboxylic acids is 1. The summed E-state index contributed by atoms with van der Waals surface area (Å²) in [6.45, 7) is -0.797. The van der Waals surface area contributed by atoms with Gasteiger partial charge in [0.25, 0.3) is 0 Å². The number of aliphatic hydroxyl groups excluding tert-OH is 4. The van der Waals surface area contributed by atoms with Gasteiger partial charge < -0.3 is 30.1 Å². The Balaban J connectivity index is 4.59. The zero-order chi connectivity index (χ0) is 11.8. The number of hydrogen-bond donors (Lipinski definition) is 4. The largest absolute Gasteiger partial charge is 0.424 e. The zero-order valence-corrected chi connectivity index (χ0v) is 7.54. The smallest absolute Gasteiger partial charge is 0.164 e. The molecule has 0 spiro atoms. The first kappa shape index (κ1) is 13.6. The van der Waals surface area contributed by atoms with Crippen LogP contribution in [0, 0.1) is 0 Å². The minimum absolute atomic E-state index is 0.0151. The van der Waals surface area contributed by atoms with Gasteiger partial charge in [0.2, 0.25) is 0 Å². The molecule has 86 valence electrons. The van der Waals surface area contributed by atoms with Crippen LogP contribution >= 0.6 is 0 Å². The average Bonchev–Trinajstić information content (AvgIpc) is 2.27. The highest BCUT2D eigenvalue weighted by Crippen LogP contribution is 2.09. The van der Waals surface area contributed by atoms with Gasteiger partial charge in [-0.25, -0.2) is 0 Å². The molecule has 4 atom stereocenters. The molecular formula is C6H11N3O6. The molecule has 0 saturated carbocycles. The lowest BCUT2D eigenvalue weighted by atomic mass is 10.0. The number of hydrogen-bond acceptors (Lipinski definition) is 7. The van der Waals surface area contributed by atoms with Gasteiger partial charge in [-0.15, -0.1) is 0 Å². The van der Waals surface area contributed by atoms with Gasteiger partial charge in [-0.3, -0.25) is 0 Å². The van der Waals surface area contributed by atoms with E-state index in [0.717, 1.165) is 0 Å². The molecule has 0 fully saturated rings. The van der Waals surface area contributed by atoms with Gasteiger partial charge in [-0.2, -0.15) is 0 Å². The predicted molar refractivity (Wildman–Crippen MR) is 45.2 cm³/mol. The molecule has 9 nitrogen and oxygen atoms in total. The monoisotopic (exact) mass is 221 g/mol. The lowest BCUT2D eigenvalue weighted by Gasteiger charge is -2.25. The van der Waals surface area contributed by atoms with Gasteiger partial charge in [0.05, 0.1) is 6.61 Å². The normalized spacial score (nSPS) is 18.1. The van der Waals surface area contributed by atoms with Gasteiger partial charge >= 0.3 is 0 Å². The van der Waals surface area contributed by atoms with Gasteiger partial charge in [0.1, 0.15) is 23.6 Å². The minimum Gasteiger partial charge on any atom is -0.424 e. The van der Waals surface area contributed by atoms with Crippen LogP contribution in [0.3, 0.4) is 0 Å². The van der Waals surface area contributed by atoms with Crippen LogP contribution in [0.1, 0.15) is 0 Å². The summed E-state index contributed by atoms with van der Waals surface area (Å²) in [5.74, 6) is 0. The lowest BCUT2D eigenvalue weighted by Crippen LogP contribution is -2.47.